The van der Waals surface area contributed by atoms with E-state index in [-0.39, 0.29) is 0 Å². The summed E-state index contributed by atoms with van der Waals surface area (Å²) in [5.74, 6) is 0. The van der Waals surface area contributed by atoms with Crippen LogP contribution in [0.2, 0.25) is 0 Å². The molecule has 5 heteroatoms. The lowest BCUT2D eigenvalue weighted by molar-refractivity contribution is -0.0266. The molecular formula is C9H10N4O. The number of ether oxygens (including phenoxy) is 1. The third-order valence-corrected chi connectivity index (χ3v) is 2.52. The molecule has 0 amide bonds. The van der Waals surface area contributed by atoms with Crippen molar-refractivity contribution in [2.45, 2.75) is 6.04 Å². The fourth-order valence-corrected chi connectivity index (χ4v) is 1.64. The van der Waals surface area contributed by atoms with E-state index >= 15 is 0 Å². The normalized spacial score (nSPS) is 17.1. The first-order valence-electron chi connectivity index (χ1n) is 4.50. The van der Waals surface area contributed by atoms with E-state index in [0.717, 1.165) is 24.1 Å². The van der Waals surface area contributed by atoms with Crippen LogP contribution < -0.4 is 5.73 Å². The van der Waals surface area contributed by atoms with E-state index in [1.807, 2.05) is 4.68 Å². The van der Waals surface area contributed by atoms with Crippen LogP contribution in [0.5, 0.6) is 0 Å². The Kier molecular flexibility index (Phi) is 1.49. The molecule has 1 aliphatic rings. The SMILES string of the molecule is Nc1cncc2c1cnn2C1COC1. The highest BCUT2D eigenvalue weighted by atomic mass is 16.5. The van der Waals surface area contributed by atoms with Crippen molar-refractivity contribution in [1.29, 1.82) is 0 Å². The van der Waals surface area contributed by atoms with Gasteiger partial charge in [-0.3, -0.25) is 9.67 Å². The summed E-state index contributed by atoms with van der Waals surface area (Å²) in [6.45, 7) is 1.46. The molecule has 0 atom stereocenters. The number of hydrogen-bond donors (Lipinski definition) is 1. The molecule has 0 unspecified atom stereocenters. The molecule has 2 aromatic heterocycles. The average Bonchev–Trinajstić information content (AvgIpc) is 2.48. The largest absolute Gasteiger partial charge is 0.397 e. The van der Waals surface area contributed by atoms with E-state index in [4.69, 9.17) is 10.5 Å². The molecule has 14 heavy (non-hydrogen) atoms. The molecule has 0 bridgehead atoms. The highest BCUT2D eigenvalue weighted by Gasteiger charge is 2.23. The van der Waals surface area contributed by atoms with Crippen molar-refractivity contribution in [3.63, 3.8) is 0 Å². The van der Waals surface area contributed by atoms with Gasteiger partial charge in [-0.15, -0.1) is 0 Å². The summed E-state index contributed by atoms with van der Waals surface area (Å²) in [6.07, 6.45) is 5.22. The van der Waals surface area contributed by atoms with E-state index in [1.54, 1.807) is 18.6 Å². The molecule has 3 rings (SSSR count). The van der Waals surface area contributed by atoms with Crippen molar-refractivity contribution in [2.75, 3.05) is 18.9 Å². The number of anilines is 1. The Hall–Kier alpha value is -1.62. The van der Waals surface area contributed by atoms with Crippen LogP contribution in [0.1, 0.15) is 6.04 Å². The first kappa shape index (κ1) is 7.75. The predicted octanol–water partition coefficient (Wildman–Crippen LogP) is 0.585. The summed E-state index contributed by atoms with van der Waals surface area (Å²) in [5.41, 5.74) is 7.44. The van der Waals surface area contributed by atoms with Crippen LogP contribution in [0.4, 0.5) is 5.69 Å². The second kappa shape index (κ2) is 2.68. The third-order valence-electron chi connectivity index (χ3n) is 2.52. The van der Waals surface area contributed by atoms with Gasteiger partial charge in [0.2, 0.25) is 0 Å². The van der Waals surface area contributed by atoms with E-state index < -0.39 is 0 Å². The topological polar surface area (TPSA) is 66.0 Å². The zero-order chi connectivity index (χ0) is 9.54. The van der Waals surface area contributed by atoms with E-state index in [0.29, 0.717) is 11.7 Å². The molecule has 72 valence electrons. The third kappa shape index (κ3) is 0.927. The first-order chi connectivity index (χ1) is 6.86. The van der Waals surface area contributed by atoms with Crippen LogP contribution in [0.3, 0.4) is 0 Å². The second-order valence-electron chi connectivity index (χ2n) is 3.44. The van der Waals surface area contributed by atoms with Gasteiger partial charge in [-0.2, -0.15) is 5.10 Å². The smallest absolute Gasteiger partial charge is 0.0993 e. The molecular weight excluding hydrogens is 180 g/mol. The summed E-state index contributed by atoms with van der Waals surface area (Å²) < 4.78 is 7.06. The van der Waals surface area contributed by atoms with E-state index in [2.05, 4.69) is 10.1 Å². The lowest BCUT2D eigenvalue weighted by atomic mass is 10.2. The molecule has 0 aliphatic carbocycles. The zero-order valence-electron chi connectivity index (χ0n) is 7.55. The van der Waals surface area contributed by atoms with Crippen LogP contribution >= 0.6 is 0 Å². The van der Waals surface area contributed by atoms with Crippen LogP contribution in [0.15, 0.2) is 18.6 Å². The number of fused-ring (bicyclic) bond motifs is 1. The van der Waals surface area contributed by atoms with Gasteiger partial charge in [0, 0.05) is 5.39 Å². The minimum absolute atomic E-state index is 0.344. The zero-order valence-corrected chi connectivity index (χ0v) is 7.55. The van der Waals surface area contributed by atoms with Gasteiger partial charge in [-0.05, 0) is 0 Å². The number of nitrogens with two attached hydrogens (primary N) is 1. The molecule has 0 saturated carbocycles. The molecule has 0 radical (unpaired) electrons. The van der Waals surface area contributed by atoms with Gasteiger partial charge in [-0.1, -0.05) is 0 Å². The maximum absolute atomic E-state index is 5.78. The van der Waals surface area contributed by atoms with Crippen molar-refractivity contribution in [3.05, 3.63) is 18.6 Å². The van der Waals surface area contributed by atoms with Crippen molar-refractivity contribution in [2.24, 2.45) is 0 Å². The Labute approximate surface area is 80.5 Å². The molecule has 1 saturated heterocycles. The summed E-state index contributed by atoms with van der Waals surface area (Å²) in [5, 5.41) is 5.26. The Morgan fingerprint density at radius 1 is 1.36 bits per heavy atom. The fourth-order valence-electron chi connectivity index (χ4n) is 1.64. The van der Waals surface area contributed by atoms with Gasteiger partial charge in [0.05, 0.1) is 49.1 Å². The molecule has 1 fully saturated rings. The number of hydrogen-bond acceptors (Lipinski definition) is 4. The van der Waals surface area contributed by atoms with Gasteiger partial charge in [0.1, 0.15) is 0 Å². The van der Waals surface area contributed by atoms with Crippen LogP contribution in [-0.2, 0) is 4.74 Å². The molecule has 2 N–H and O–H groups in total. The quantitative estimate of drug-likeness (QED) is 0.714. The first-order valence-corrected chi connectivity index (χ1v) is 4.50. The summed E-state index contributed by atoms with van der Waals surface area (Å²) in [6, 6.07) is 0.344. The number of aromatic nitrogens is 3. The van der Waals surface area contributed by atoms with Gasteiger partial charge >= 0.3 is 0 Å². The minimum Gasteiger partial charge on any atom is -0.397 e. The monoisotopic (exact) mass is 190 g/mol. The Morgan fingerprint density at radius 2 is 2.21 bits per heavy atom. The van der Waals surface area contributed by atoms with E-state index in [9.17, 15) is 0 Å². The Bertz CT molecular complexity index is 475. The van der Waals surface area contributed by atoms with Crippen molar-refractivity contribution in [3.8, 4) is 0 Å². The lowest BCUT2D eigenvalue weighted by Gasteiger charge is -2.26. The van der Waals surface area contributed by atoms with Crippen LogP contribution in [0.25, 0.3) is 10.9 Å². The molecule has 5 nitrogen and oxygen atoms in total. The number of nitrogens with zero attached hydrogens (tertiary/aromatic N) is 3. The van der Waals surface area contributed by atoms with Crippen molar-refractivity contribution < 1.29 is 4.74 Å². The highest BCUT2D eigenvalue weighted by Crippen LogP contribution is 2.24. The van der Waals surface area contributed by atoms with Crippen molar-refractivity contribution >= 4 is 16.6 Å². The Balaban J connectivity index is 2.20. The summed E-state index contributed by atoms with van der Waals surface area (Å²) >= 11 is 0. The van der Waals surface area contributed by atoms with Gasteiger partial charge in [-0.25, -0.2) is 0 Å². The standard InChI is InChI=1S/C9H10N4O/c10-8-2-11-3-9-7(8)1-12-13(9)6-4-14-5-6/h1-3,6H,4-5,10H2. The van der Waals surface area contributed by atoms with Gasteiger partial charge < -0.3 is 10.5 Å². The number of pyridine rings is 1. The average molecular weight is 190 g/mol. The van der Waals surface area contributed by atoms with E-state index in [1.165, 1.54) is 0 Å². The number of rotatable bonds is 1. The van der Waals surface area contributed by atoms with Gasteiger partial charge in [0.25, 0.3) is 0 Å². The molecule has 2 aromatic rings. The summed E-state index contributed by atoms with van der Waals surface area (Å²) in [4.78, 5) is 4.06. The molecule has 1 aliphatic heterocycles. The van der Waals surface area contributed by atoms with Gasteiger partial charge in [0.15, 0.2) is 0 Å². The fraction of sp³-hybridized carbons (Fsp3) is 0.333. The minimum atomic E-state index is 0.344. The second-order valence-corrected chi connectivity index (χ2v) is 3.44. The molecule has 3 heterocycles. The van der Waals surface area contributed by atoms with Crippen LogP contribution in [-0.4, -0.2) is 28.0 Å². The highest BCUT2D eigenvalue weighted by molar-refractivity contribution is 5.89. The Morgan fingerprint density at radius 3 is 2.93 bits per heavy atom. The maximum Gasteiger partial charge on any atom is 0.0993 e. The van der Waals surface area contributed by atoms with Crippen LogP contribution in [0, 0.1) is 0 Å². The van der Waals surface area contributed by atoms with Crippen molar-refractivity contribution in [1.82, 2.24) is 14.8 Å². The molecule has 0 spiro atoms. The predicted molar refractivity (Wildman–Crippen MR) is 51.8 cm³/mol. The number of nitrogen functional groups attached to an aromatic ring is 1. The summed E-state index contributed by atoms with van der Waals surface area (Å²) in [7, 11) is 0. The lowest BCUT2D eigenvalue weighted by Crippen LogP contribution is -2.31. The molecule has 0 aromatic carbocycles. The maximum atomic E-state index is 5.78.